The first kappa shape index (κ1) is 18.5. The fourth-order valence-electron chi connectivity index (χ4n) is 2.17. The second-order valence-electron chi connectivity index (χ2n) is 7.83. The number of aryl methyl sites for hydroxylation is 1. The van der Waals surface area contributed by atoms with Crippen molar-refractivity contribution in [3.63, 3.8) is 0 Å². The van der Waals surface area contributed by atoms with Gasteiger partial charge in [0, 0.05) is 17.4 Å². The van der Waals surface area contributed by atoms with Crippen LogP contribution in [0.1, 0.15) is 45.9 Å². The van der Waals surface area contributed by atoms with E-state index in [9.17, 15) is 4.79 Å². The quantitative estimate of drug-likeness (QED) is 0.816. The Kier molecular flexibility index (Phi) is 5.09. The first-order valence-electron chi connectivity index (χ1n) is 8.10. The number of para-hydroxylation sites is 1. The first-order valence-corrected chi connectivity index (χ1v) is 8.63. The van der Waals surface area contributed by atoms with Crippen molar-refractivity contribution in [1.29, 1.82) is 0 Å². The Bertz CT molecular complexity index is 741. The highest BCUT2D eigenvalue weighted by atomic mass is 35.5. The number of aromatic nitrogens is 2. The highest BCUT2D eigenvalue weighted by molar-refractivity contribution is 6.20. The fraction of sp³-hybridized carbons (Fsp3) is 0.474. The van der Waals surface area contributed by atoms with Crippen LogP contribution in [0, 0.1) is 12.3 Å². The Hall–Kier alpha value is -1.81. The number of benzene rings is 1. The van der Waals surface area contributed by atoms with Gasteiger partial charge < -0.3 is 5.32 Å². The van der Waals surface area contributed by atoms with Crippen molar-refractivity contribution in [3.8, 4) is 5.69 Å². The third-order valence-electron chi connectivity index (χ3n) is 4.01. The van der Waals surface area contributed by atoms with Crippen LogP contribution in [0.25, 0.3) is 5.69 Å². The molecule has 5 heteroatoms. The van der Waals surface area contributed by atoms with Gasteiger partial charge in [0.05, 0.1) is 16.8 Å². The number of nitrogens with one attached hydrogen (secondary N) is 1. The lowest BCUT2D eigenvalue weighted by atomic mass is 9.92. The van der Waals surface area contributed by atoms with Crippen LogP contribution in [0.4, 0.5) is 5.82 Å². The summed E-state index contributed by atoms with van der Waals surface area (Å²) >= 11 is 5.93. The smallest absolute Gasteiger partial charge is 0.232 e. The number of rotatable bonds is 4. The highest BCUT2D eigenvalue weighted by Gasteiger charge is 2.29. The number of halogens is 1. The van der Waals surface area contributed by atoms with Crippen LogP contribution in [0.15, 0.2) is 30.3 Å². The molecule has 4 nitrogen and oxygen atoms in total. The average molecular weight is 348 g/mol. The van der Waals surface area contributed by atoms with Gasteiger partial charge in [-0.1, -0.05) is 39.0 Å². The Morgan fingerprint density at radius 2 is 1.83 bits per heavy atom. The molecule has 0 radical (unpaired) electrons. The molecule has 130 valence electrons. The summed E-state index contributed by atoms with van der Waals surface area (Å²) in [6, 6.07) is 9.92. The zero-order valence-electron chi connectivity index (χ0n) is 15.3. The summed E-state index contributed by atoms with van der Waals surface area (Å²) in [6.07, 6.45) is 0. The van der Waals surface area contributed by atoms with Gasteiger partial charge in [-0.05, 0) is 32.4 Å². The maximum absolute atomic E-state index is 12.6. The number of amides is 1. The molecular weight excluding hydrogens is 322 g/mol. The second kappa shape index (κ2) is 6.60. The largest absolute Gasteiger partial charge is 0.310 e. The maximum Gasteiger partial charge on any atom is 0.232 e. The Balaban J connectivity index is 2.52. The van der Waals surface area contributed by atoms with E-state index in [0.717, 1.165) is 16.9 Å². The van der Waals surface area contributed by atoms with E-state index in [1.807, 2.05) is 51.1 Å². The molecule has 0 saturated carbocycles. The van der Waals surface area contributed by atoms with Gasteiger partial charge in [-0.25, -0.2) is 4.68 Å². The van der Waals surface area contributed by atoms with Gasteiger partial charge in [0.25, 0.3) is 0 Å². The van der Waals surface area contributed by atoms with Crippen molar-refractivity contribution in [3.05, 3.63) is 41.6 Å². The predicted octanol–water partition coefficient (Wildman–Crippen LogP) is 4.68. The van der Waals surface area contributed by atoms with Crippen LogP contribution in [0.5, 0.6) is 0 Å². The molecule has 0 bridgehead atoms. The standard InChI is InChI=1S/C19H26ClN3O/c1-13-9-7-8-10-14(13)23-16(11-15(22-23)18(2,3)4)21-17(24)19(5,6)12-20/h7-11H,12H2,1-6H3,(H,21,24). The molecule has 1 aromatic heterocycles. The molecule has 1 N–H and O–H groups in total. The number of anilines is 1. The van der Waals surface area contributed by atoms with Crippen molar-refractivity contribution in [2.45, 2.75) is 47.0 Å². The first-order chi connectivity index (χ1) is 11.1. The van der Waals surface area contributed by atoms with E-state index >= 15 is 0 Å². The van der Waals surface area contributed by atoms with Crippen LogP contribution in [-0.2, 0) is 10.2 Å². The molecule has 0 fully saturated rings. The molecule has 0 spiro atoms. The van der Waals surface area contributed by atoms with E-state index in [1.54, 1.807) is 4.68 Å². The molecule has 2 rings (SSSR count). The molecule has 1 heterocycles. The zero-order valence-corrected chi connectivity index (χ0v) is 16.0. The lowest BCUT2D eigenvalue weighted by molar-refractivity contribution is -0.123. The lowest BCUT2D eigenvalue weighted by Gasteiger charge is -2.20. The Morgan fingerprint density at radius 1 is 1.21 bits per heavy atom. The normalized spacial score (nSPS) is 12.3. The third kappa shape index (κ3) is 3.81. The van der Waals surface area contributed by atoms with Crippen LogP contribution >= 0.6 is 11.6 Å². The van der Waals surface area contributed by atoms with Crippen molar-refractivity contribution >= 4 is 23.3 Å². The molecule has 0 unspecified atom stereocenters. The fourth-order valence-corrected chi connectivity index (χ4v) is 2.29. The average Bonchev–Trinajstić information content (AvgIpc) is 2.91. The minimum Gasteiger partial charge on any atom is -0.310 e. The molecule has 0 atom stereocenters. The summed E-state index contributed by atoms with van der Waals surface area (Å²) in [7, 11) is 0. The number of carbonyl (C=O) groups is 1. The number of nitrogens with zero attached hydrogens (tertiary/aromatic N) is 2. The Labute approximate surface area is 149 Å². The summed E-state index contributed by atoms with van der Waals surface area (Å²) in [4.78, 5) is 12.6. The molecular formula is C19H26ClN3O. The van der Waals surface area contributed by atoms with Gasteiger partial charge in [-0.2, -0.15) is 5.10 Å². The van der Waals surface area contributed by atoms with Gasteiger partial charge in [0.2, 0.25) is 5.91 Å². The van der Waals surface area contributed by atoms with Crippen molar-refractivity contribution in [2.24, 2.45) is 5.41 Å². The molecule has 2 aromatic rings. The van der Waals surface area contributed by atoms with E-state index in [2.05, 4.69) is 26.1 Å². The lowest BCUT2D eigenvalue weighted by Crippen LogP contribution is -2.33. The maximum atomic E-state index is 12.6. The third-order valence-corrected chi connectivity index (χ3v) is 4.68. The van der Waals surface area contributed by atoms with Gasteiger partial charge >= 0.3 is 0 Å². The van der Waals surface area contributed by atoms with E-state index in [0.29, 0.717) is 5.82 Å². The topological polar surface area (TPSA) is 46.9 Å². The Morgan fingerprint density at radius 3 is 2.38 bits per heavy atom. The molecule has 0 aliphatic heterocycles. The van der Waals surface area contributed by atoms with Gasteiger partial charge in [-0.15, -0.1) is 11.6 Å². The minimum absolute atomic E-state index is 0.116. The molecule has 0 aliphatic carbocycles. The van der Waals surface area contributed by atoms with E-state index in [4.69, 9.17) is 16.7 Å². The van der Waals surface area contributed by atoms with Gasteiger partial charge in [-0.3, -0.25) is 4.79 Å². The summed E-state index contributed by atoms with van der Waals surface area (Å²) < 4.78 is 1.80. The van der Waals surface area contributed by atoms with Crippen molar-refractivity contribution < 1.29 is 4.79 Å². The molecule has 24 heavy (non-hydrogen) atoms. The number of carbonyl (C=O) groups excluding carboxylic acids is 1. The summed E-state index contributed by atoms with van der Waals surface area (Å²) in [5.41, 5.74) is 2.20. The zero-order chi connectivity index (χ0) is 18.1. The van der Waals surface area contributed by atoms with Gasteiger partial charge in [0.15, 0.2) is 0 Å². The van der Waals surface area contributed by atoms with Crippen LogP contribution < -0.4 is 5.32 Å². The van der Waals surface area contributed by atoms with Crippen LogP contribution in [0.3, 0.4) is 0 Å². The van der Waals surface area contributed by atoms with E-state index in [1.165, 1.54) is 0 Å². The van der Waals surface area contributed by atoms with Crippen LogP contribution in [-0.4, -0.2) is 21.6 Å². The molecule has 0 saturated heterocycles. The molecule has 1 amide bonds. The SMILES string of the molecule is Cc1ccccc1-n1nc(C(C)(C)C)cc1NC(=O)C(C)(C)CCl. The highest BCUT2D eigenvalue weighted by Crippen LogP contribution is 2.28. The second-order valence-corrected chi connectivity index (χ2v) is 8.10. The number of hydrogen-bond donors (Lipinski definition) is 1. The summed E-state index contributed by atoms with van der Waals surface area (Å²) in [5.74, 6) is 0.800. The van der Waals surface area contributed by atoms with Crippen LogP contribution in [0.2, 0.25) is 0 Å². The van der Waals surface area contributed by atoms with Crippen molar-refractivity contribution in [2.75, 3.05) is 11.2 Å². The minimum atomic E-state index is -0.649. The van der Waals surface area contributed by atoms with E-state index in [-0.39, 0.29) is 17.2 Å². The monoisotopic (exact) mass is 347 g/mol. The summed E-state index contributed by atoms with van der Waals surface area (Å²) in [6.45, 7) is 12.0. The van der Waals surface area contributed by atoms with E-state index < -0.39 is 5.41 Å². The van der Waals surface area contributed by atoms with Gasteiger partial charge in [0.1, 0.15) is 5.82 Å². The predicted molar refractivity (Wildman–Crippen MR) is 100 cm³/mol. The molecule has 1 aromatic carbocycles. The summed E-state index contributed by atoms with van der Waals surface area (Å²) in [5, 5.41) is 7.74. The number of alkyl halides is 1. The number of hydrogen-bond acceptors (Lipinski definition) is 2. The molecule has 0 aliphatic rings. The van der Waals surface area contributed by atoms with Crippen molar-refractivity contribution in [1.82, 2.24) is 9.78 Å².